The SMILES string of the molecule is COc1ccc(CCn2c(=O)c3ncccc3n(CC(=O)Nc3cccc(Cl)c3)c2=O)cc1OC. The molecule has 0 atom stereocenters. The lowest BCUT2D eigenvalue weighted by Gasteiger charge is -2.14. The number of halogens is 1. The van der Waals surface area contributed by atoms with Crippen molar-refractivity contribution >= 4 is 34.2 Å². The second kappa shape index (κ2) is 10.4. The van der Waals surface area contributed by atoms with Crippen LogP contribution in [0.4, 0.5) is 5.69 Å². The van der Waals surface area contributed by atoms with Crippen molar-refractivity contribution in [1.29, 1.82) is 0 Å². The number of aryl methyl sites for hydroxylation is 1. The number of anilines is 1. The predicted octanol–water partition coefficient (Wildman–Crippen LogP) is 3.11. The van der Waals surface area contributed by atoms with Gasteiger partial charge in [0, 0.05) is 23.5 Å². The normalized spacial score (nSPS) is 10.8. The summed E-state index contributed by atoms with van der Waals surface area (Å²) in [5, 5.41) is 3.19. The number of benzene rings is 2. The Hall–Kier alpha value is -4.11. The number of pyridine rings is 1. The molecule has 0 aliphatic carbocycles. The van der Waals surface area contributed by atoms with Gasteiger partial charge in [0.1, 0.15) is 6.54 Å². The van der Waals surface area contributed by atoms with Gasteiger partial charge in [-0.3, -0.25) is 18.7 Å². The number of nitrogens with one attached hydrogen (secondary N) is 1. The smallest absolute Gasteiger partial charge is 0.332 e. The zero-order valence-electron chi connectivity index (χ0n) is 19.2. The van der Waals surface area contributed by atoms with E-state index in [0.29, 0.717) is 28.6 Å². The van der Waals surface area contributed by atoms with E-state index in [0.717, 1.165) is 10.1 Å². The average Bonchev–Trinajstić information content (AvgIpc) is 2.86. The quantitative estimate of drug-likeness (QED) is 0.403. The van der Waals surface area contributed by atoms with Gasteiger partial charge in [0.25, 0.3) is 5.56 Å². The first-order chi connectivity index (χ1) is 16.9. The largest absolute Gasteiger partial charge is 0.493 e. The number of nitrogens with zero attached hydrogens (tertiary/aromatic N) is 3. The van der Waals surface area contributed by atoms with Gasteiger partial charge in [-0.25, -0.2) is 9.78 Å². The molecule has 9 nitrogen and oxygen atoms in total. The van der Waals surface area contributed by atoms with Crippen LogP contribution in [0.3, 0.4) is 0 Å². The summed E-state index contributed by atoms with van der Waals surface area (Å²) in [6.45, 7) is -0.209. The van der Waals surface area contributed by atoms with Gasteiger partial charge in [-0.1, -0.05) is 23.7 Å². The minimum atomic E-state index is -0.600. The molecule has 35 heavy (non-hydrogen) atoms. The Morgan fingerprint density at radius 2 is 1.80 bits per heavy atom. The second-order valence-electron chi connectivity index (χ2n) is 7.69. The first-order valence-electron chi connectivity index (χ1n) is 10.8. The van der Waals surface area contributed by atoms with E-state index >= 15 is 0 Å². The van der Waals surface area contributed by atoms with Crippen LogP contribution in [0.1, 0.15) is 5.56 Å². The Morgan fingerprint density at radius 3 is 2.54 bits per heavy atom. The van der Waals surface area contributed by atoms with Gasteiger partial charge in [-0.2, -0.15) is 0 Å². The molecule has 0 aliphatic heterocycles. The fraction of sp³-hybridized carbons (Fsp3) is 0.200. The van der Waals surface area contributed by atoms with Crippen LogP contribution in [0.15, 0.2) is 70.4 Å². The van der Waals surface area contributed by atoms with Crippen LogP contribution < -0.4 is 26.0 Å². The third kappa shape index (κ3) is 5.20. The Balaban J connectivity index is 1.66. The summed E-state index contributed by atoms with van der Waals surface area (Å²) in [7, 11) is 3.08. The number of fused-ring (bicyclic) bond motifs is 1. The van der Waals surface area contributed by atoms with E-state index < -0.39 is 17.2 Å². The van der Waals surface area contributed by atoms with Gasteiger partial charge in [0.2, 0.25) is 5.91 Å². The minimum absolute atomic E-state index is 0.0928. The van der Waals surface area contributed by atoms with Gasteiger partial charge in [-0.15, -0.1) is 0 Å². The molecule has 0 radical (unpaired) electrons. The van der Waals surface area contributed by atoms with E-state index in [1.807, 2.05) is 6.07 Å². The van der Waals surface area contributed by atoms with E-state index in [1.165, 1.54) is 17.9 Å². The van der Waals surface area contributed by atoms with Crippen LogP contribution in [-0.4, -0.2) is 34.2 Å². The molecule has 4 rings (SSSR count). The topological polar surface area (TPSA) is 104 Å². The van der Waals surface area contributed by atoms with Crippen molar-refractivity contribution in [3.8, 4) is 11.5 Å². The zero-order valence-corrected chi connectivity index (χ0v) is 19.9. The number of carbonyl (C=O) groups excluding carboxylic acids is 1. The molecule has 1 N–H and O–H groups in total. The molecule has 2 heterocycles. The molecule has 0 saturated carbocycles. The first-order valence-corrected chi connectivity index (χ1v) is 11.1. The molecule has 10 heteroatoms. The summed E-state index contributed by atoms with van der Waals surface area (Å²) in [5.41, 5.74) is 0.621. The standard InChI is InChI=1S/C25H23ClN4O5/c1-34-20-9-8-16(13-21(20)35-2)10-12-29-24(32)23-19(7-4-11-27-23)30(25(29)33)15-22(31)28-18-6-3-5-17(26)14-18/h3-9,11,13-14H,10,12,15H2,1-2H3,(H,28,31). The molecule has 4 aromatic rings. The number of methoxy groups -OCH3 is 2. The van der Waals surface area contributed by atoms with Crippen LogP contribution in [0.2, 0.25) is 5.02 Å². The maximum absolute atomic E-state index is 13.3. The van der Waals surface area contributed by atoms with E-state index in [1.54, 1.807) is 55.6 Å². The summed E-state index contributed by atoms with van der Waals surface area (Å²) in [5.74, 6) is 0.689. The van der Waals surface area contributed by atoms with Gasteiger partial charge in [0.05, 0.1) is 19.7 Å². The average molecular weight is 495 g/mol. The Labute approximate surface area is 205 Å². The van der Waals surface area contributed by atoms with Gasteiger partial charge < -0.3 is 14.8 Å². The summed E-state index contributed by atoms with van der Waals surface area (Å²) < 4.78 is 12.9. The molecule has 2 aromatic heterocycles. The Bertz CT molecular complexity index is 1510. The number of ether oxygens (including phenoxy) is 2. The summed E-state index contributed by atoms with van der Waals surface area (Å²) in [6.07, 6.45) is 1.85. The van der Waals surface area contributed by atoms with Crippen molar-refractivity contribution in [3.63, 3.8) is 0 Å². The van der Waals surface area contributed by atoms with Crippen molar-refractivity contribution in [2.75, 3.05) is 19.5 Å². The molecule has 0 saturated heterocycles. The molecule has 180 valence electrons. The van der Waals surface area contributed by atoms with Crippen LogP contribution in [0, 0.1) is 0 Å². The number of amides is 1. The van der Waals surface area contributed by atoms with Gasteiger partial charge >= 0.3 is 5.69 Å². The van der Waals surface area contributed by atoms with E-state index in [4.69, 9.17) is 21.1 Å². The number of aromatic nitrogens is 3. The monoisotopic (exact) mass is 494 g/mol. The molecule has 0 fully saturated rings. The van der Waals surface area contributed by atoms with Crippen molar-refractivity contribution in [2.45, 2.75) is 19.5 Å². The first kappa shape index (κ1) is 24.0. The van der Waals surface area contributed by atoms with E-state index in [9.17, 15) is 14.4 Å². The summed E-state index contributed by atoms with van der Waals surface area (Å²) >= 11 is 5.98. The molecule has 0 unspecified atom stereocenters. The van der Waals surface area contributed by atoms with Crippen LogP contribution in [-0.2, 0) is 24.3 Å². The molecule has 0 aliphatic rings. The fourth-order valence-corrected chi connectivity index (χ4v) is 3.97. The van der Waals surface area contributed by atoms with E-state index in [-0.39, 0.29) is 24.1 Å². The highest BCUT2D eigenvalue weighted by atomic mass is 35.5. The molecular formula is C25H23ClN4O5. The third-order valence-electron chi connectivity index (χ3n) is 5.47. The highest BCUT2D eigenvalue weighted by Crippen LogP contribution is 2.27. The number of rotatable bonds is 8. The highest BCUT2D eigenvalue weighted by molar-refractivity contribution is 6.30. The molecule has 0 bridgehead atoms. The second-order valence-corrected chi connectivity index (χ2v) is 8.13. The maximum atomic E-state index is 13.3. The molecular weight excluding hydrogens is 472 g/mol. The molecule has 1 amide bonds. The Morgan fingerprint density at radius 1 is 1.00 bits per heavy atom. The zero-order chi connectivity index (χ0) is 24.9. The van der Waals surface area contributed by atoms with Crippen molar-refractivity contribution < 1.29 is 14.3 Å². The maximum Gasteiger partial charge on any atom is 0.332 e. The predicted molar refractivity (Wildman–Crippen MR) is 134 cm³/mol. The third-order valence-corrected chi connectivity index (χ3v) is 5.70. The number of carbonyl (C=O) groups is 1. The Kier molecular flexibility index (Phi) is 7.17. The highest BCUT2D eigenvalue weighted by Gasteiger charge is 2.17. The van der Waals surface area contributed by atoms with Crippen LogP contribution in [0.5, 0.6) is 11.5 Å². The lowest BCUT2D eigenvalue weighted by Crippen LogP contribution is -2.42. The van der Waals surface area contributed by atoms with Gasteiger partial charge in [0.15, 0.2) is 17.0 Å². The lowest BCUT2D eigenvalue weighted by molar-refractivity contribution is -0.116. The summed E-state index contributed by atoms with van der Waals surface area (Å²) in [4.78, 5) is 43.4. The minimum Gasteiger partial charge on any atom is -0.493 e. The van der Waals surface area contributed by atoms with Crippen LogP contribution >= 0.6 is 11.6 Å². The molecule has 2 aromatic carbocycles. The van der Waals surface area contributed by atoms with Crippen molar-refractivity contribution in [2.24, 2.45) is 0 Å². The number of hydrogen-bond donors (Lipinski definition) is 1. The van der Waals surface area contributed by atoms with E-state index in [2.05, 4.69) is 10.3 Å². The molecule has 0 spiro atoms. The fourth-order valence-electron chi connectivity index (χ4n) is 3.78. The summed E-state index contributed by atoms with van der Waals surface area (Å²) in [6, 6.07) is 15.3. The van der Waals surface area contributed by atoms with Crippen molar-refractivity contribution in [1.82, 2.24) is 14.1 Å². The lowest BCUT2D eigenvalue weighted by atomic mass is 10.1. The van der Waals surface area contributed by atoms with Crippen molar-refractivity contribution in [3.05, 3.63) is 92.2 Å². The van der Waals surface area contributed by atoms with Gasteiger partial charge in [-0.05, 0) is 54.4 Å². The number of hydrogen-bond acceptors (Lipinski definition) is 6. The van der Waals surface area contributed by atoms with Crippen LogP contribution in [0.25, 0.3) is 11.0 Å².